The van der Waals surface area contributed by atoms with E-state index in [1.807, 2.05) is 17.9 Å². The zero-order valence-corrected chi connectivity index (χ0v) is 14.2. The van der Waals surface area contributed by atoms with E-state index in [9.17, 15) is 14.9 Å². The van der Waals surface area contributed by atoms with Crippen LogP contribution in [0.1, 0.15) is 48.7 Å². The Balaban J connectivity index is 1.65. The SMILES string of the molecule is C[C@H](NC(=O)N[C@H]1CCCc2c1cnn2C)c1cccc([N+](=O)[O-])c1. The van der Waals surface area contributed by atoms with Crippen LogP contribution in [0.3, 0.4) is 0 Å². The van der Waals surface area contributed by atoms with Crippen molar-refractivity contribution < 1.29 is 9.72 Å². The maximum atomic E-state index is 12.3. The minimum Gasteiger partial charge on any atom is -0.332 e. The largest absolute Gasteiger partial charge is 0.332 e. The van der Waals surface area contributed by atoms with E-state index in [0.29, 0.717) is 5.56 Å². The zero-order chi connectivity index (χ0) is 18.0. The van der Waals surface area contributed by atoms with Crippen LogP contribution in [0, 0.1) is 10.1 Å². The van der Waals surface area contributed by atoms with Crippen LogP contribution in [0.15, 0.2) is 30.5 Å². The number of nitrogens with zero attached hydrogens (tertiary/aromatic N) is 3. The molecule has 132 valence electrons. The number of carbonyl (C=O) groups excluding carboxylic acids is 1. The molecule has 2 amide bonds. The third kappa shape index (κ3) is 3.62. The molecule has 25 heavy (non-hydrogen) atoms. The van der Waals surface area contributed by atoms with Crippen LogP contribution in [-0.4, -0.2) is 20.7 Å². The number of aromatic nitrogens is 2. The number of non-ortho nitro benzene ring substituents is 1. The van der Waals surface area contributed by atoms with Gasteiger partial charge in [0.2, 0.25) is 0 Å². The maximum absolute atomic E-state index is 12.3. The Morgan fingerprint density at radius 1 is 1.48 bits per heavy atom. The number of nitro benzene ring substituents is 1. The molecule has 2 N–H and O–H groups in total. The minimum absolute atomic E-state index is 0.0128. The van der Waals surface area contributed by atoms with Gasteiger partial charge in [-0.1, -0.05) is 12.1 Å². The van der Waals surface area contributed by atoms with Gasteiger partial charge in [0, 0.05) is 30.4 Å². The molecule has 1 aliphatic rings. The lowest BCUT2D eigenvalue weighted by molar-refractivity contribution is -0.384. The van der Waals surface area contributed by atoms with Crippen molar-refractivity contribution in [2.75, 3.05) is 0 Å². The molecule has 1 aliphatic carbocycles. The van der Waals surface area contributed by atoms with Gasteiger partial charge in [0.25, 0.3) is 5.69 Å². The van der Waals surface area contributed by atoms with Gasteiger partial charge in [0.05, 0.1) is 23.2 Å². The van der Waals surface area contributed by atoms with E-state index < -0.39 is 4.92 Å². The summed E-state index contributed by atoms with van der Waals surface area (Å²) in [5.74, 6) is 0. The molecule has 0 radical (unpaired) electrons. The van der Waals surface area contributed by atoms with Gasteiger partial charge in [-0.05, 0) is 31.7 Å². The fourth-order valence-electron chi connectivity index (χ4n) is 3.24. The number of nitro groups is 1. The van der Waals surface area contributed by atoms with Crippen LogP contribution < -0.4 is 10.6 Å². The number of fused-ring (bicyclic) bond motifs is 1. The van der Waals surface area contributed by atoms with Gasteiger partial charge in [0.15, 0.2) is 0 Å². The van der Waals surface area contributed by atoms with Crippen molar-refractivity contribution in [1.82, 2.24) is 20.4 Å². The van der Waals surface area contributed by atoms with Crippen molar-refractivity contribution >= 4 is 11.7 Å². The van der Waals surface area contributed by atoms with Gasteiger partial charge >= 0.3 is 6.03 Å². The number of carbonyl (C=O) groups is 1. The first-order chi connectivity index (χ1) is 12.0. The summed E-state index contributed by atoms with van der Waals surface area (Å²) in [5, 5.41) is 21.0. The van der Waals surface area contributed by atoms with Gasteiger partial charge in [-0.2, -0.15) is 5.10 Å². The molecule has 2 atom stereocenters. The number of amides is 2. The fourth-order valence-corrected chi connectivity index (χ4v) is 3.24. The summed E-state index contributed by atoms with van der Waals surface area (Å²) in [6.45, 7) is 1.80. The number of hydrogen-bond acceptors (Lipinski definition) is 4. The first-order valence-corrected chi connectivity index (χ1v) is 8.28. The number of nitrogens with one attached hydrogen (secondary N) is 2. The first kappa shape index (κ1) is 16.9. The van der Waals surface area contributed by atoms with Crippen LogP contribution in [0.2, 0.25) is 0 Å². The highest BCUT2D eigenvalue weighted by molar-refractivity contribution is 5.75. The highest BCUT2D eigenvalue weighted by Gasteiger charge is 2.25. The number of rotatable bonds is 4. The van der Waals surface area contributed by atoms with Gasteiger partial charge in [-0.3, -0.25) is 14.8 Å². The molecule has 0 bridgehead atoms. The van der Waals surface area contributed by atoms with E-state index in [4.69, 9.17) is 0 Å². The Labute approximate surface area is 145 Å². The molecule has 0 aliphatic heterocycles. The van der Waals surface area contributed by atoms with E-state index in [2.05, 4.69) is 15.7 Å². The Bertz CT molecular complexity index is 801. The number of benzene rings is 1. The van der Waals surface area contributed by atoms with Crippen molar-refractivity contribution in [2.24, 2.45) is 7.05 Å². The second-order valence-corrected chi connectivity index (χ2v) is 6.31. The molecular formula is C17H21N5O3. The number of aryl methyl sites for hydroxylation is 1. The van der Waals surface area contributed by atoms with Gasteiger partial charge < -0.3 is 10.6 Å². The smallest absolute Gasteiger partial charge is 0.315 e. The second-order valence-electron chi connectivity index (χ2n) is 6.31. The lowest BCUT2D eigenvalue weighted by atomic mass is 9.93. The first-order valence-electron chi connectivity index (χ1n) is 8.28. The van der Waals surface area contributed by atoms with Crippen LogP contribution in [0.25, 0.3) is 0 Å². The van der Waals surface area contributed by atoms with Crippen molar-refractivity contribution in [1.29, 1.82) is 0 Å². The molecule has 1 heterocycles. The third-order valence-corrected chi connectivity index (χ3v) is 4.61. The van der Waals surface area contributed by atoms with Crippen LogP contribution in [0.5, 0.6) is 0 Å². The Morgan fingerprint density at radius 3 is 3.04 bits per heavy atom. The summed E-state index contributed by atoms with van der Waals surface area (Å²) < 4.78 is 1.85. The van der Waals surface area contributed by atoms with Crippen LogP contribution in [-0.2, 0) is 13.5 Å². The molecule has 2 aromatic rings. The maximum Gasteiger partial charge on any atom is 0.315 e. The normalized spacial score (nSPS) is 17.4. The Hall–Kier alpha value is -2.90. The number of hydrogen-bond donors (Lipinski definition) is 2. The summed E-state index contributed by atoms with van der Waals surface area (Å²) in [7, 11) is 1.91. The van der Waals surface area contributed by atoms with Gasteiger partial charge in [0.1, 0.15) is 0 Å². The lowest BCUT2D eigenvalue weighted by Gasteiger charge is -2.25. The van der Waals surface area contributed by atoms with Gasteiger partial charge in [-0.15, -0.1) is 0 Å². The van der Waals surface area contributed by atoms with Crippen molar-refractivity contribution in [3.8, 4) is 0 Å². The third-order valence-electron chi connectivity index (χ3n) is 4.61. The van der Waals surface area contributed by atoms with Crippen LogP contribution >= 0.6 is 0 Å². The molecule has 1 aromatic heterocycles. The lowest BCUT2D eigenvalue weighted by Crippen LogP contribution is -2.40. The monoisotopic (exact) mass is 343 g/mol. The molecule has 8 nitrogen and oxygen atoms in total. The fraction of sp³-hybridized carbons (Fsp3) is 0.412. The topological polar surface area (TPSA) is 102 Å². The van der Waals surface area contributed by atoms with Gasteiger partial charge in [-0.25, -0.2) is 4.79 Å². The number of urea groups is 1. The quantitative estimate of drug-likeness (QED) is 0.658. The molecule has 0 saturated carbocycles. The van der Waals surface area contributed by atoms with E-state index in [1.165, 1.54) is 12.1 Å². The summed E-state index contributed by atoms with van der Waals surface area (Å²) in [6, 6.07) is 5.60. The van der Waals surface area contributed by atoms with Crippen molar-refractivity contribution in [2.45, 2.75) is 38.3 Å². The Kier molecular flexibility index (Phi) is 4.69. The highest BCUT2D eigenvalue weighted by atomic mass is 16.6. The second kappa shape index (κ2) is 6.92. The average Bonchev–Trinajstić information content (AvgIpc) is 2.97. The van der Waals surface area contributed by atoms with E-state index >= 15 is 0 Å². The average molecular weight is 343 g/mol. The zero-order valence-electron chi connectivity index (χ0n) is 14.2. The highest BCUT2D eigenvalue weighted by Crippen LogP contribution is 2.29. The summed E-state index contributed by atoms with van der Waals surface area (Å²) >= 11 is 0. The molecule has 0 saturated heterocycles. The molecule has 0 fully saturated rings. The predicted molar refractivity (Wildman–Crippen MR) is 92.1 cm³/mol. The molecule has 1 aromatic carbocycles. The molecule has 0 spiro atoms. The molecule has 3 rings (SSSR count). The van der Waals surface area contributed by atoms with Crippen molar-refractivity contribution in [3.05, 3.63) is 57.4 Å². The minimum atomic E-state index is -0.442. The van der Waals surface area contributed by atoms with E-state index in [0.717, 1.165) is 30.5 Å². The summed E-state index contributed by atoms with van der Waals surface area (Å²) in [4.78, 5) is 22.8. The van der Waals surface area contributed by atoms with Crippen LogP contribution in [0.4, 0.5) is 10.5 Å². The van der Waals surface area contributed by atoms with E-state index in [1.54, 1.807) is 19.1 Å². The van der Waals surface area contributed by atoms with E-state index in [-0.39, 0.29) is 23.8 Å². The standard InChI is InChI=1S/C17H21N5O3/c1-11(12-5-3-6-13(9-12)22(24)25)19-17(23)20-15-7-4-8-16-14(15)10-18-21(16)2/h3,5-6,9-11,15H,4,7-8H2,1-2H3,(H2,19,20,23)/t11-,15-/m0/s1. The molecule has 8 heteroatoms. The predicted octanol–water partition coefficient (Wildman–Crippen LogP) is 2.77. The molecular weight excluding hydrogens is 322 g/mol. The Morgan fingerprint density at radius 2 is 2.28 bits per heavy atom. The van der Waals surface area contributed by atoms with Crippen molar-refractivity contribution in [3.63, 3.8) is 0 Å². The summed E-state index contributed by atoms with van der Waals surface area (Å²) in [5.41, 5.74) is 2.92. The molecule has 0 unspecified atom stereocenters. The summed E-state index contributed by atoms with van der Waals surface area (Å²) in [6.07, 6.45) is 4.65.